The number of rotatable bonds is 6. The summed E-state index contributed by atoms with van der Waals surface area (Å²) in [4.78, 5) is 22.6. The molecule has 0 unspecified atom stereocenters. The van der Waals surface area contributed by atoms with Crippen LogP contribution in [0.3, 0.4) is 0 Å². The monoisotopic (exact) mass is 426 g/mol. The van der Waals surface area contributed by atoms with E-state index in [-0.39, 0.29) is 11.6 Å². The number of nitro benzene ring substituents is 1. The Morgan fingerprint density at radius 1 is 1.30 bits per heavy atom. The van der Waals surface area contributed by atoms with Crippen LogP contribution in [0.25, 0.3) is 0 Å². The predicted octanol–water partition coefficient (Wildman–Crippen LogP) is 3.99. The first-order chi connectivity index (χ1) is 11.0. The third kappa shape index (κ3) is 4.73. The minimum absolute atomic E-state index is 0.0374. The van der Waals surface area contributed by atoms with Gasteiger partial charge in [0, 0.05) is 28.0 Å². The van der Waals surface area contributed by atoms with Crippen LogP contribution in [-0.2, 0) is 11.3 Å². The Morgan fingerprint density at radius 3 is 2.74 bits per heavy atom. The molecular formula is C16H15IN2O4. The number of hydrogen-bond donors (Lipinski definition) is 1. The maximum absolute atomic E-state index is 12.3. The number of carbonyl (C=O) groups is 1. The average molecular weight is 426 g/mol. The smallest absolute Gasteiger partial charge is 0.270 e. The van der Waals surface area contributed by atoms with Crippen molar-refractivity contribution in [2.75, 3.05) is 11.9 Å². The minimum atomic E-state index is -0.485. The lowest BCUT2D eigenvalue weighted by molar-refractivity contribution is -0.384. The van der Waals surface area contributed by atoms with E-state index in [1.807, 2.05) is 47.7 Å². The van der Waals surface area contributed by atoms with E-state index in [9.17, 15) is 14.9 Å². The Kier molecular flexibility index (Phi) is 6.05. The van der Waals surface area contributed by atoms with Crippen molar-refractivity contribution in [1.29, 1.82) is 0 Å². The molecule has 0 aliphatic rings. The number of non-ortho nitro benzene ring substituents is 1. The third-order valence-corrected chi connectivity index (χ3v) is 3.96. The third-order valence-electron chi connectivity index (χ3n) is 3.07. The van der Waals surface area contributed by atoms with Crippen LogP contribution in [-0.4, -0.2) is 17.4 Å². The van der Waals surface area contributed by atoms with Gasteiger partial charge in [-0.25, -0.2) is 0 Å². The fourth-order valence-electron chi connectivity index (χ4n) is 1.96. The lowest BCUT2D eigenvalue weighted by atomic mass is 10.1. The Bertz CT molecular complexity index is 734. The number of hydrogen-bond acceptors (Lipinski definition) is 4. The SMILES string of the molecule is CCOCc1cccc(NC(=O)c2ccc([N+](=O)[O-])cc2I)c1. The average Bonchev–Trinajstić information content (AvgIpc) is 2.53. The van der Waals surface area contributed by atoms with Crippen LogP contribution in [0.5, 0.6) is 0 Å². The van der Waals surface area contributed by atoms with E-state index < -0.39 is 4.92 Å². The molecule has 7 heteroatoms. The number of anilines is 1. The number of amides is 1. The Labute approximate surface area is 147 Å². The summed E-state index contributed by atoms with van der Waals surface area (Å²) in [5, 5.41) is 13.5. The van der Waals surface area contributed by atoms with Crippen molar-refractivity contribution in [2.24, 2.45) is 0 Å². The van der Waals surface area contributed by atoms with Gasteiger partial charge in [-0.3, -0.25) is 14.9 Å². The van der Waals surface area contributed by atoms with Crippen molar-refractivity contribution < 1.29 is 14.5 Å². The van der Waals surface area contributed by atoms with Gasteiger partial charge in [0.2, 0.25) is 0 Å². The molecule has 120 valence electrons. The molecule has 2 rings (SSSR count). The zero-order chi connectivity index (χ0) is 16.8. The second-order valence-corrected chi connectivity index (χ2v) is 5.88. The molecular weight excluding hydrogens is 411 g/mol. The van der Waals surface area contributed by atoms with E-state index in [0.29, 0.717) is 28.0 Å². The minimum Gasteiger partial charge on any atom is -0.377 e. The van der Waals surface area contributed by atoms with Gasteiger partial charge in [0.05, 0.1) is 17.1 Å². The number of nitro groups is 1. The molecule has 0 aliphatic heterocycles. The summed E-state index contributed by atoms with van der Waals surface area (Å²) in [7, 11) is 0. The summed E-state index contributed by atoms with van der Waals surface area (Å²) < 4.78 is 5.87. The summed E-state index contributed by atoms with van der Waals surface area (Å²) in [5.74, 6) is -0.308. The lowest BCUT2D eigenvalue weighted by Crippen LogP contribution is -2.13. The molecule has 0 heterocycles. The number of halogens is 1. The highest BCUT2D eigenvalue weighted by Gasteiger charge is 2.14. The second kappa shape index (κ2) is 8.02. The van der Waals surface area contributed by atoms with Gasteiger partial charge in [0.25, 0.3) is 11.6 Å². The van der Waals surface area contributed by atoms with E-state index in [2.05, 4.69) is 5.32 Å². The van der Waals surface area contributed by atoms with Gasteiger partial charge in [0.1, 0.15) is 0 Å². The van der Waals surface area contributed by atoms with Gasteiger partial charge in [-0.2, -0.15) is 0 Å². The summed E-state index contributed by atoms with van der Waals surface area (Å²) in [5.41, 5.74) is 1.97. The van der Waals surface area contributed by atoms with Crippen molar-refractivity contribution in [3.8, 4) is 0 Å². The lowest BCUT2D eigenvalue weighted by Gasteiger charge is -2.09. The summed E-state index contributed by atoms with van der Waals surface area (Å²) in [6, 6.07) is 11.5. The van der Waals surface area contributed by atoms with Crippen LogP contribution in [0.15, 0.2) is 42.5 Å². The van der Waals surface area contributed by atoms with Gasteiger partial charge >= 0.3 is 0 Å². The predicted molar refractivity (Wildman–Crippen MR) is 95.5 cm³/mol. The highest BCUT2D eigenvalue weighted by Crippen LogP contribution is 2.21. The van der Waals surface area contributed by atoms with Gasteiger partial charge in [-0.1, -0.05) is 12.1 Å². The summed E-state index contributed by atoms with van der Waals surface area (Å²) >= 11 is 1.92. The van der Waals surface area contributed by atoms with Gasteiger partial charge in [-0.05, 0) is 53.3 Å². The molecule has 23 heavy (non-hydrogen) atoms. The molecule has 1 N–H and O–H groups in total. The van der Waals surface area contributed by atoms with Crippen molar-refractivity contribution in [3.05, 3.63) is 67.3 Å². The standard InChI is InChI=1S/C16H15IN2O4/c1-2-23-10-11-4-3-5-12(8-11)18-16(20)14-7-6-13(19(21)22)9-15(14)17/h3-9H,2,10H2,1H3,(H,18,20). The molecule has 2 aromatic carbocycles. The van der Waals surface area contributed by atoms with Gasteiger partial charge in [-0.15, -0.1) is 0 Å². The molecule has 0 aliphatic carbocycles. The molecule has 0 saturated carbocycles. The molecule has 0 saturated heterocycles. The summed E-state index contributed by atoms with van der Waals surface area (Å²) in [6.45, 7) is 3.02. The molecule has 2 aromatic rings. The molecule has 0 spiro atoms. The van der Waals surface area contributed by atoms with Crippen LogP contribution < -0.4 is 5.32 Å². The first kappa shape index (κ1) is 17.4. The molecule has 0 bridgehead atoms. The van der Waals surface area contributed by atoms with Gasteiger partial charge in [0.15, 0.2) is 0 Å². The molecule has 1 amide bonds. The van der Waals surface area contributed by atoms with E-state index in [1.54, 1.807) is 6.07 Å². The first-order valence-corrected chi connectivity index (χ1v) is 8.01. The summed E-state index contributed by atoms with van der Waals surface area (Å²) in [6.07, 6.45) is 0. The maximum Gasteiger partial charge on any atom is 0.270 e. The van der Waals surface area contributed by atoms with Crippen molar-refractivity contribution in [3.63, 3.8) is 0 Å². The number of nitrogens with one attached hydrogen (secondary N) is 1. The normalized spacial score (nSPS) is 10.3. The zero-order valence-electron chi connectivity index (χ0n) is 12.4. The van der Waals surface area contributed by atoms with Crippen molar-refractivity contribution in [2.45, 2.75) is 13.5 Å². The van der Waals surface area contributed by atoms with Crippen LogP contribution >= 0.6 is 22.6 Å². The maximum atomic E-state index is 12.3. The van der Waals surface area contributed by atoms with Crippen LogP contribution in [0, 0.1) is 13.7 Å². The molecule has 0 radical (unpaired) electrons. The van der Waals surface area contributed by atoms with Crippen LogP contribution in [0.4, 0.5) is 11.4 Å². The fraction of sp³-hybridized carbons (Fsp3) is 0.188. The number of nitrogens with zero attached hydrogens (tertiary/aromatic N) is 1. The quantitative estimate of drug-likeness (QED) is 0.430. The largest absolute Gasteiger partial charge is 0.377 e. The molecule has 0 atom stereocenters. The zero-order valence-corrected chi connectivity index (χ0v) is 14.6. The van der Waals surface area contributed by atoms with Crippen molar-refractivity contribution in [1.82, 2.24) is 0 Å². The van der Waals surface area contributed by atoms with Crippen molar-refractivity contribution >= 4 is 39.9 Å². The van der Waals surface area contributed by atoms with Crippen LogP contribution in [0.1, 0.15) is 22.8 Å². The Morgan fingerprint density at radius 2 is 2.09 bits per heavy atom. The molecule has 0 fully saturated rings. The van der Waals surface area contributed by atoms with E-state index in [0.717, 1.165) is 5.56 Å². The first-order valence-electron chi connectivity index (χ1n) is 6.93. The molecule has 6 nitrogen and oxygen atoms in total. The van der Waals surface area contributed by atoms with E-state index in [4.69, 9.17) is 4.74 Å². The topological polar surface area (TPSA) is 81.5 Å². The number of carbonyl (C=O) groups excluding carboxylic acids is 1. The second-order valence-electron chi connectivity index (χ2n) is 4.71. The van der Waals surface area contributed by atoms with Gasteiger partial charge < -0.3 is 10.1 Å². The number of benzene rings is 2. The van der Waals surface area contributed by atoms with Crippen LogP contribution in [0.2, 0.25) is 0 Å². The highest BCUT2D eigenvalue weighted by molar-refractivity contribution is 14.1. The highest BCUT2D eigenvalue weighted by atomic mass is 127. The van der Waals surface area contributed by atoms with E-state index in [1.165, 1.54) is 18.2 Å². The Hall–Kier alpha value is -2.00. The van der Waals surface area contributed by atoms with E-state index >= 15 is 0 Å². The molecule has 0 aromatic heterocycles. The Balaban J connectivity index is 2.14. The fourth-order valence-corrected chi connectivity index (χ4v) is 2.70. The number of ether oxygens (including phenoxy) is 1.